The van der Waals surface area contributed by atoms with E-state index in [0.29, 0.717) is 5.91 Å². The first-order chi connectivity index (χ1) is 10.4. The number of benzene rings is 1. The van der Waals surface area contributed by atoms with Crippen molar-refractivity contribution in [2.45, 2.75) is 59.5 Å². The van der Waals surface area contributed by atoms with Gasteiger partial charge in [-0.05, 0) is 52.7 Å². The van der Waals surface area contributed by atoms with Gasteiger partial charge >= 0.3 is 0 Å². The Morgan fingerprint density at radius 2 is 1.50 bits per heavy atom. The van der Waals surface area contributed by atoms with Crippen molar-refractivity contribution in [3.05, 3.63) is 28.8 Å². The number of aryl methyl sites for hydroxylation is 3. The van der Waals surface area contributed by atoms with Crippen LogP contribution in [0.1, 0.15) is 50.3 Å². The Hall–Kier alpha value is -0.880. The Labute approximate surface area is 136 Å². The minimum Gasteiger partial charge on any atom is -0.322 e. The SMILES string of the molecule is CC[P+](CC)(CC)C1(C(=O)Nc2c(C)cc(C)cc2C)CC1. The molecule has 0 bridgehead atoms. The molecule has 0 heterocycles. The van der Waals surface area contributed by atoms with Crippen LogP contribution in [0.15, 0.2) is 12.1 Å². The number of hydrogen-bond donors (Lipinski definition) is 1. The fourth-order valence-electron chi connectivity index (χ4n) is 4.22. The number of hydrogen-bond acceptors (Lipinski definition) is 1. The molecule has 0 radical (unpaired) electrons. The molecule has 1 fully saturated rings. The normalized spacial score (nSPS) is 16.5. The summed E-state index contributed by atoms with van der Waals surface area (Å²) in [7, 11) is -1.18. The minimum atomic E-state index is -1.18. The summed E-state index contributed by atoms with van der Waals surface area (Å²) < 4.78 is 0. The standard InChI is InChI=1S/C19H30NOP/c1-7-22(8-2,9-3)19(10-11-19)18(21)20-17-15(5)12-14(4)13-16(17)6/h12-13H,7-11H2,1-6H3/p+1. The van der Waals surface area contributed by atoms with Crippen LogP contribution in [0.4, 0.5) is 5.69 Å². The molecule has 1 aliphatic carbocycles. The lowest BCUT2D eigenvalue weighted by molar-refractivity contribution is -0.116. The molecule has 0 aliphatic heterocycles. The van der Waals surface area contributed by atoms with Gasteiger partial charge in [-0.3, -0.25) is 4.79 Å². The largest absolute Gasteiger partial charge is 0.322 e. The molecule has 3 heteroatoms. The van der Waals surface area contributed by atoms with Crippen molar-refractivity contribution < 1.29 is 4.79 Å². The highest BCUT2D eigenvalue weighted by molar-refractivity contribution is 7.78. The van der Waals surface area contributed by atoms with Crippen LogP contribution in [-0.2, 0) is 4.79 Å². The van der Waals surface area contributed by atoms with Gasteiger partial charge in [0.25, 0.3) is 5.91 Å². The van der Waals surface area contributed by atoms with Crippen LogP contribution >= 0.6 is 7.26 Å². The van der Waals surface area contributed by atoms with Crippen LogP contribution in [0.25, 0.3) is 0 Å². The van der Waals surface area contributed by atoms with Crippen molar-refractivity contribution in [2.24, 2.45) is 0 Å². The van der Waals surface area contributed by atoms with Gasteiger partial charge in [-0.15, -0.1) is 0 Å². The van der Waals surface area contributed by atoms with Crippen molar-refractivity contribution >= 4 is 18.9 Å². The Morgan fingerprint density at radius 3 is 1.86 bits per heavy atom. The highest BCUT2D eigenvalue weighted by Crippen LogP contribution is 2.77. The molecule has 2 rings (SSSR count). The van der Waals surface area contributed by atoms with Gasteiger partial charge in [0.05, 0.1) is 18.5 Å². The van der Waals surface area contributed by atoms with E-state index in [0.717, 1.165) is 18.5 Å². The lowest BCUT2D eigenvalue weighted by atomic mass is 10.0. The number of amides is 1. The van der Waals surface area contributed by atoms with Gasteiger partial charge in [0.15, 0.2) is 5.16 Å². The quantitative estimate of drug-likeness (QED) is 0.721. The molecule has 0 atom stereocenters. The summed E-state index contributed by atoms with van der Waals surface area (Å²) in [6.07, 6.45) is 5.76. The Morgan fingerprint density at radius 1 is 1.05 bits per heavy atom. The second-order valence-corrected chi connectivity index (χ2v) is 11.9. The van der Waals surface area contributed by atoms with Crippen LogP contribution < -0.4 is 5.32 Å². The van der Waals surface area contributed by atoms with Crippen LogP contribution in [0.5, 0.6) is 0 Å². The van der Waals surface area contributed by atoms with Gasteiger partial charge in [0.1, 0.15) is 0 Å². The fourth-order valence-corrected chi connectivity index (χ4v) is 8.93. The van der Waals surface area contributed by atoms with Crippen LogP contribution in [-0.4, -0.2) is 29.5 Å². The zero-order chi connectivity index (χ0) is 16.5. The molecule has 2 nitrogen and oxygen atoms in total. The molecule has 122 valence electrons. The topological polar surface area (TPSA) is 29.1 Å². The summed E-state index contributed by atoms with van der Waals surface area (Å²) in [6, 6.07) is 4.31. The number of carbonyl (C=O) groups excluding carboxylic acids is 1. The van der Waals surface area contributed by atoms with E-state index in [1.165, 1.54) is 35.2 Å². The summed E-state index contributed by atoms with van der Waals surface area (Å²) in [6.45, 7) is 13.2. The van der Waals surface area contributed by atoms with E-state index in [2.05, 4.69) is 59.0 Å². The molecule has 1 N–H and O–H groups in total. The third kappa shape index (κ3) is 2.71. The third-order valence-electron chi connectivity index (χ3n) is 5.79. The second-order valence-electron chi connectivity index (χ2n) is 6.85. The lowest BCUT2D eigenvalue weighted by Gasteiger charge is -2.32. The first kappa shape index (κ1) is 17.5. The summed E-state index contributed by atoms with van der Waals surface area (Å²) >= 11 is 0. The van der Waals surface area contributed by atoms with E-state index in [-0.39, 0.29) is 5.16 Å². The third-order valence-corrected chi connectivity index (χ3v) is 11.9. The van der Waals surface area contributed by atoms with Gasteiger partial charge in [-0.2, -0.15) is 0 Å². The van der Waals surface area contributed by atoms with Crippen molar-refractivity contribution in [2.75, 3.05) is 23.8 Å². The Balaban J connectivity index is 2.30. The average Bonchev–Trinajstić information content (AvgIpc) is 3.27. The van der Waals surface area contributed by atoms with Gasteiger partial charge in [0.2, 0.25) is 0 Å². The number of carbonyl (C=O) groups is 1. The van der Waals surface area contributed by atoms with Gasteiger partial charge in [0, 0.05) is 25.8 Å². The van der Waals surface area contributed by atoms with Crippen molar-refractivity contribution in [1.82, 2.24) is 0 Å². The van der Waals surface area contributed by atoms with Crippen LogP contribution in [0.3, 0.4) is 0 Å². The monoisotopic (exact) mass is 320 g/mol. The lowest BCUT2D eigenvalue weighted by Crippen LogP contribution is -2.35. The summed E-state index contributed by atoms with van der Waals surface area (Å²) in [5, 5.41) is 3.27. The molecule has 1 saturated carbocycles. The summed E-state index contributed by atoms with van der Waals surface area (Å²) in [4.78, 5) is 13.1. The van der Waals surface area contributed by atoms with E-state index in [1.54, 1.807) is 0 Å². The minimum absolute atomic E-state index is 0.0327. The Bertz CT molecular complexity index is 540. The van der Waals surface area contributed by atoms with Crippen LogP contribution in [0.2, 0.25) is 0 Å². The smallest absolute Gasteiger partial charge is 0.268 e. The van der Waals surface area contributed by atoms with Gasteiger partial charge in [-0.25, -0.2) is 0 Å². The second kappa shape index (κ2) is 6.32. The maximum atomic E-state index is 13.1. The molecule has 1 amide bonds. The first-order valence-corrected chi connectivity index (χ1v) is 11.0. The van der Waals surface area contributed by atoms with Crippen LogP contribution in [0, 0.1) is 20.8 Å². The molecule has 1 aromatic rings. The van der Waals surface area contributed by atoms with Gasteiger partial charge < -0.3 is 5.32 Å². The van der Waals surface area contributed by atoms with E-state index in [1.807, 2.05) is 0 Å². The zero-order valence-corrected chi connectivity index (χ0v) is 15.9. The Kier molecular flexibility index (Phi) is 5.02. The van der Waals surface area contributed by atoms with Crippen molar-refractivity contribution in [3.8, 4) is 0 Å². The molecule has 0 unspecified atom stereocenters. The molecule has 1 aliphatic rings. The molecular formula is C19H31NOP+. The molecule has 0 spiro atoms. The van der Waals surface area contributed by atoms with E-state index < -0.39 is 7.26 Å². The zero-order valence-electron chi connectivity index (χ0n) is 15.0. The molecule has 1 aromatic carbocycles. The average molecular weight is 320 g/mol. The molecule has 0 aromatic heterocycles. The highest BCUT2D eigenvalue weighted by Gasteiger charge is 2.68. The summed E-state index contributed by atoms with van der Waals surface area (Å²) in [5.74, 6) is 0.293. The number of rotatable bonds is 6. The highest BCUT2D eigenvalue weighted by atomic mass is 31.2. The van der Waals surface area contributed by atoms with E-state index in [9.17, 15) is 4.79 Å². The molecular weight excluding hydrogens is 289 g/mol. The van der Waals surface area contributed by atoms with E-state index in [4.69, 9.17) is 0 Å². The summed E-state index contributed by atoms with van der Waals surface area (Å²) in [5.41, 5.74) is 4.64. The first-order valence-electron chi connectivity index (χ1n) is 8.61. The maximum Gasteiger partial charge on any atom is 0.268 e. The van der Waals surface area contributed by atoms with Crippen molar-refractivity contribution in [3.63, 3.8) is 0 Å². The fraction of sp³-hybridized carbons (Fsp3) is 0.632. The number of anilines is 1. The number of nitrogens with one attached hydrogen (secondary N) is 1. The molecule has 22 heavy (non-hydrogen) atoms. The predicted octanol–water partition coefficient (Wildman–Crippen LogP) is 5.16. The molecule has 0 saturated heterocycles. The van der Waals surface area contributed by atoms with E-state index >= 15 is 0 Å². The maximum absolute atomic E-state index is 13.1. The van der Waals surface area contributed by atoms with Gasteiger partial charge in [-0.1, -0.05) is 17.7 Å². The predicted molar refractivity (Wildman–Crippen MR) is 99.8 cm³/mol. The van der Waals surface area contributed by atoms with Crippen molar-refractivity contribution in [1.29, 1.82) is 0 Å².